The zero-order valence-corrected chi connectivity index (χ0v) is 11.1. The molecule has 1 aromatic carbocycles. The molecule has 0 amide bonds. The molecule has 0 saturated carbocycles. The third-order valence-electron chi connectivity index (χ3n) is 2.67. The second kappa shape index (κ2) is 4.88. The Morgan fingerprint density at radius 3 is 2.71 bits per heavy atom. The molecule has 0 N–H and O–H groups in total. The van der Waals surface area contributed by atoms with Gasteiger partial charge in [0.2, 0.25) is 5.28 Å². The van der Waals surface area contributed by atoms with Gasteiger partial charge in [-0.1, -0.05) is 43.7 Å². The molecule has 4 heteroatoms. The van der Waals surface area contributed by atoms with Crippen LogP contribution >= 0.6 is 11.6 Å². The Kier molecular flexibility index (Phi) is 3.48. The van der Waals surface area contributed by atoms with Crippen LogP contribution < -0.4 is 0 Å². The normalized spacial score (nSPS) is 11.1. The van der Waals surface area contributed by atoms with Crippen LogP contribution in [0.5, 0.6) is 0 Å². The van der Waals surface area contributed by atoms with Crippen molar-refractivity contribution >= 4 is 11.6 Å². The molecule has 0 atom stereocenters. The van der Waals surface area contributed by atoms with Gasteiger partial charge in [0, 0.05) is 5.92 Å². The van der Waals surface area contributed by atoms with Crippen LogP contribution in [-0.2, 0) is 6.54 Å². The van der Waals surface area contributed by atoms with Crippen LogP contribution in [0.3, 0.4) is 0 Å². The van der Waals surface area contributed by atoms with E-state index in [4.69, 9.17) is 11.6 Å². The van der Waals surface area contributed by atoms with Gasteiger partial charge in [0.25, 0.3) is 0 Å². The lowest BCUT2D eigenvalue weighted by atomic mass is 10.1. The minimum atomic E-state index is 0.319. The largest absolute Gasteiger partial charge is 0.297 e. The first kappa shape index (κ1) is 12.1. The zero-order chi connectivity index (χ0) is 12.4. The highest BCUT2D eigenvalue weighted by molar-refractivity contribution is 6.28. The molecule has 0 aliphatic heterocycles. The second-order valence-corrected chi connectivity index (χ2v) is 4.90. The monoisotopic (exact) mass is 249 g/mol. The van der Waals surface area contributed by atoms with E-state index in [-0.39, 0.29) is 0 Å². The lowest BCUT2D eigenvalue weighted by molar-refractivity contribution is 0.669. The third-order valence-corrected chi connectivity index (χ3v) is 2.95. The fraction of sp³-hybridized carbons (Fsp3) is 0.385. The van der Waals surface area contributed by atoms with Gasteiger partial charge in [-0.3, -0.25) is 4.57 Å². The van der Waals surface area contributed by atoms with Gasteiger partial charge in [0.05, 0.1) is 6.54 Å². The van der Waals surface area contributed by atoms with Crippen molar-refractivity contribution in [2.24, 2.45) is 0 Å². The molecule has 17 heavy (non-hydrogen) atoms. The van der Waals surface area contributed by atoms with Gasteiger partial charge in [-0.05, 0) is 24.1 Å². The number of rotatable bonds is 3. The van der Waals surface area contributed by atoms with Gasteiger partial charge < -0.3 is 0 Å². The Labute approximate surface area is 106 Å². The van der Waals surface area contributed by atoms with Gasteiger partial charge in [-0.15, -0.1) is 10.2 Å². The summed E-state index contributed by atoms with van der Waals surface area (Å²) in [5.74, 6) is 1.25. The van der Waals surface area contributed by atoms with Crippen LogP contribution in [0.25, 0.3) is 0 Å². The van der Waals surface area contributed by atoms with Crippen molar-refractivity contribution in [2.75, 3.05) is 0 Å². The fourth-order valence-corrected chi connectivity index (χ4v) is 2.05. The molecule has 0 bridgehead atoms. The van der Waals surface area contributed by atoms with Crippen molar-refractivity contribution in [2.45, 2.75) is 33.2 Å². The van der Waals surface area contributed by atoms with Crippen LogP contribution in [0.15, 0.2) is 24.3 Å². The maximum Gasteiger partial charge on any atom is 0.225 e. The Morgan fingerprint density at radius 1 is 1.29 bits per heavy atom. The summed E-state index contributed by atoms with van der Waals surface area (Å²) < 4.78 is 1.96. The van der Waals surface area contributed by atoms with E-state index in [1.807, 2.05) is 4.57 Å². The van der Waals surface area contributed by atoms with Gasteiger partial charge in [0.1, 0.15) is 5.82 Å². The Morgan fingerprint density at radius 2 is 2.06 bits per heavy atom. The molecule has 0 saturated heterocycles. The second-order valence-electron chi connectivity index (χ2n) is 4.56. The number of hydrogen-bond donors (Lipinski definition) is 0. The quantitative estimate of drug-likeness (QED) is 0.835. The molecule has 0 aliphatic carbocycles. The standard InChI is InChI=1S/C13H16ClN3/c1-9(2)12-15-16-13(14)17(12)8-11-6-4-5-10(3)7-11/h4-7,9H,8H2,1-3H3. The maximum absolute atomic E-state index is 6.07. The molecule has 2 rings (SSSR count). The van der Waals surface area contributed by atoms with Crippen LogP contribution in [0, 0.1) is 6.92 Å². The Bertz CT molecular complexity index is 517. The Hall–Kier alpha value is -1.35. The predicted molar refractivity (Wildman–Crippen MR) is 69.4 cm³/mol. The SMILES string of the molecule is Cc1cccc(Cn2c(Cl)nnc2C(C)C)c1. The van der Waals surface area contributed by atoms with Crippen LogP contribution in [0.2, 0.25) is 5.28 Å². The van der Waals surface area contributed by atoms with E-state index in [0.717, 1.165) is 12.4 Å². The summed E-state index contributed by atoms with van der Waals surface area (Å²) >= 11 is 6.07. The number of benzene rings is 1. The van der Waals surface area contributed by atoms with E-state index in [1.54, 1.807) is 0 Å². The van der Waals surface area contributed by atoms with E-state index >= 15 is 0 Å². The lowest BCUT2D eigenvalue weighted by Gasteiger charge is -2.10. The summed E-state index contributed by atoms with van der Waals surface area (Å²) in [6, 6.07) is 8.38. The molecule has 2 aromatic rings. The smallest absolute Gasteiger partial charge is 0.225 e. The van der Waals surface area contributed by atoms with Crippen molar-refractivity contribution in [1.29, 1.82) is 0 Å². The van der Waals surface area contributed by atoms with Crippen LogP contribution in [0.1, 0.15) is 36.7 Å². The molecule has 0 aliphatic rings. The van der Waals surface area contributed by atoms with Crippen molar-refractivity contribution in [3.63, 3.8) is 0 Å². The molecule has 0 radical (unpaired) electrons. The molecular formula is C13H16ClN3. The van der Waals surface area contributed by atoms with Gasteiger partial charge in [-0.25, -0.2) is 0 Å². The van der Waals surface area contributed by atoms with Crippen molar-refractivity contribution < 1.29 is 0 Å². The number of nitrogens with zero attached hydrogens (tertiary/aromatic N) is 3. The highest BCUT2D eigenvalue weighted by Gasteiger charge is 2.13. The molecule has 0 fully saturated rings. The van der Waals surface area contributed by atoms with Gasteiger partial charge in [0.15, 0.2) is 0 Å². The number of halogens is 1. The summed E-state index contributed by atoms with van der Waals surface area (Å²) in [7, 11) is 0. The van der Waals surface area contributed by atoms with E-state index in [2.05, 4.69) is 55.2 Å². The highest BCUT2D eigenvalue weighted by atomic mass is 35.5. The number of aromatic nitrogens is 3. The predicted octanol–water partition coefficient (Wildman–Crippen LogP) is 3.41. The van der Waals surface area contributed by atoms with Gasteiger partial charge >= 0.3 is 0 Å². The average molecular weight is 250 g/mol. The molecule has 1 aromatic heterocycles. The number of aryl methyl sites for hydroxylation is 1. The molecular weight excluding hydrogens is 234 g/mol. The van der Waals surface area contributed by atoms with E-state index in [0.29, 0.717) is 11.2 Å². The van der Waals surface area contributed by atoms with Crippen molar-refractivity contribution in [3.05, 3.63) is 46.5 Å². The summed E-state index contributed by atoms with van der Waals surface area (Å²) in [5, 5.41) is 8.50. The molecule has 90 valence electrons. The fourth-order valence-electron chi connectivity index (χ4n) is 1.86. The first-order valence-corrected chi connectivity index (χ1v) is 6.10. The van der Waals surface area contributed by atoms with E-state index in [9.17, 15) is 0 Å². The minimum Gasteiger partial charge on any atom is -0.297 e. The van der Waals surface area contributed by atoms with Crippen LogP contribution in [0.4, 0.5) is 0 Å². The first-order chi connectivity index (χ1) is 8.08. The average Bonchev–Trinajstić information content (AvgIpc) is 2.61. The molecule has 0 spiro atoms. The highest BCUT2D eigenvalue weighted by Crippen LogP contribution is 2.18. The molecule has 3 nitrogen and oxygen atoms in total. The van der Waals surface area contributed by atoms with Crippen molar-refractivity contribution in [3.8, 4) is 0 Å². The van der Waals surface area contributed by atoms with Crippen LogP contribution in [-0.4, -0.2) is 14.8 Å². The maximum atomic E-state index is 6.07. The Balaban J connectivity index is 2.32. The molecule has 1 heterocycles. The topological polar surface area (TPSA) is 30.7 Å². The zero-order valence-electron chi connectivity index (χ0n) is 10.3. The first-order valence-electron chi connectivity index (χ1n) is 5.72. The van der Waals surface area contributed by atoms with Crippen molar-refractivity contribution in [1.82, 2.24) is 14.8 Å². The summed E-state index contributed by atoms with van der Waals surface area (Å²) in [5.41, 5.74) is 2.46. The summed E-state index contributed by atoms with van der Waals surface area (Å²) in [6.45, 7) is 6.99. The summed E-state index contributed by atoms with van der Waals surface area (Å²) in [4.78, 5) is 0. The summed E-state index contributed by atoms with van der Waals surface area (Å²) in [6.07, 6.45) is 0. The minimum absolute atomic E-state index is 0.319. The van der Waals surface area contributed by atoms with E-state index in [1.165, 1.54) is 11.1 Å². The lowest BCUT2D eigenvalue weighted by Crippen LogP contribution is -2.07. The van der Waals surface area contributed by atoms with E-state index < -0.39 is 0 Å². The third kappa shape index (κ3) is 2.67. The number of hydrogen-bond acceptors (Lipinski definition) is 2. The van der Waals surface area contributed by atoms with Gasteiger partial charge in [-0.2, -0.15) is 0 Å². The molecule has 0 unspecified atom stereocenters.